The van der Waals surface area contributed by atoms with Gasteiger partial charge in [-0.25, -0.2) is 14.8 Å². The van der Waals surface area contributed by atoms with Gasteiger partial charge in [0.2, 0.25) is 0 Å². The number of rotatable bonds is 5. The number of hydrogen-bond donors (Lipinski definition) is 0. The van der Waals surface area contributed by atoms with Gasteiger partial charge in [-0.15, -0.1) is 0 Å². The van der Waals surface area contributed by atoms with Crippen LogP contribution in [0.2, 0.25) is 5.02 Å². The van der Waals surface area contributed by atoms with Crippen LogP contribution in [-0.2, 0) is 17.7 Å². The number of aromatic nitrogens is 3. The average Bonchev–Trinajstić information content (AvgIpc) is 3.23. The number of pyridine rings is 1. The molecule has 0 aliphatic carbocycles. The number of aryl methyl sites for hydroxylation is 3. The van der Waals surface area contributed by atoms with Crippen LogP contribution in [0, 0.1) is 6.92 Å². The fourth-order valence-corrected chi connectivity index (χ4v) is 5.70. The molecule has 2 aromatic heterocycles. The minimum Gasteiger partial charge on any atom is -0.444 e. The highest BCUT2D eigenvalue weighted by atomic mass is 35.5. The zero-order chi connectivity index (χ0) is 26.9. The van der Waals surface area contributed by atoms with Gasteiger partial charge in [-0.2, -0.15) is 0 Å². The quantitative estimate of drug-likeness (QED) is 0.249. The largest absolute Gasteiger partial charge is 0.444 e. The van der Waals surface area contributed by atoms with Gasteiger partial charge in [0.15, 0.2) is 5.52 Å². The highest BCUT2D eigenvalue weighted by Crippen LogP contribution is 2.39. The van der Waals surface area contributed by atoms with E-state index in [2.05, 4.69) is 40.7 Å². The van der Waals surface area contributed by atoms with Gasteiger partial charge in [-0.3, -0.25) is 0 Å². The van der Waals surface area contributed by atoms with E-state index >= 15 is 0 Å². The Morgan fingerprint density at radius 1 is 1.18 bits per heavy atom. The molecule has 1 aliphatic heterocycles. The van der Waals surface area contributed by atoms with Gasteiger partial charge in [0, 0.05) is 73.5 Å². The van der Waals surface area contributed by atoms with E-state index in [4.69, 9.17) is 21.3 Å². The van der Waals surface area contributed by atoms with Crippen LogP contribution in [0.25, 0.3) is 21.7 Å². The van der Waals surface area contributed by atoms with Gasteiger partial charge >= 0.3 is 6.09 Å². The minimum absolute atomic E-state index is 0.232. The maximum absolute atomic E-state index is 12.7. The van der Waals surface area contributed by atoms with E-state index in [1.165, 1.54) is 27.6 Å². The molecule has 2 aromatic carbocycles. The molecule has 1 aliphatic rings. The van der Waals surface area contributed by atoms with E-state index in [1.807, 2.05) is 56.5 Å². The topological polar surface area (TPSA) is 60.2 Å². The predicted molar refractivity (Wildman–Crippen MR) is 154 cm³/mol. The van der Waals surface area contributed by atoms with Crippen LogP contribution in [0.5, 0.6) is 0 Å². The molecular formula is C31H36ClN4O2+. The molecule has 5 rings (SSSR count). The lowest BCUT2D eigenvalue weighted by Gasteiger charge is -2.32. The van der Waals surface area contributed by atoms with Crippen molar-refractivity contribution >= 4 is 39.4 Å². The molecule has 0 unspecified atom stereocenters. The van der Waals surface area contributed by atoms with Crippen molar-refractivity contribution in [3.05, 3.63) is 77.0 Å². The Balaban J connectivity index is 1.52. The number of halogens is 1. The lowest BCUT2D eigenvalue weighted by molar-refractivity contribution is 0.0205. The van der Waals surface area contributed by atoms with Crippen LogP contribution in [0.4, 0.5) is 4.79 Å². The Bertz CT molecular complexity index is 1470. The Morgan fingerprint density at radius 3 is 2.68 bits per heavy atom. The van der Waals surface area contributed by atoms with Crippen LogP contribution in [0.15, 0.2) is 55.1 Å². The second-order valence-corrected chi connectivity index (χ2v) is 11.7. The summed E-state index contributed by atoms with van der Waals surface area (Å²) >= 11 is 6.56. The van der Waals surface area contributed by atoms with Gasteiger partial charge in [0.05, 0.1) is 27.7 Å². The number of benzene rings is 1. The molecule has 38 heavy (non-hydrogen) atoms. The molecule has 0 atom stereocenters. The number of fused-ring (bicyclic) bond motifs is 2. The van der Waals surface area contributed by atoms with Gasteiger partial charge in [-0.1, -0.05) is 11.6 Å². The van der Waals surface area contributed by atoms with E-state index in [1.54, 1.807) is 0 Å². The predicted octanol–water partition coefficient (Wildman–Crippen LogP) is 7.57. The van der Waals surface area contributed by atoms with E-state index in [0.717, 1.165) is 48.2 Å². The first-order valence-electron chi connectivity index (χ1n) is 13.5. The number of piperidine rings is 1. The first-order valence-corrected chi connectivity index (χ1v) is 13.8. The fraction of sp³-hybridized carbons (Fsp3) is 0.419. The number of likely N-dealkylation sites (tertiary alicyclic amines) is 1. The molecule has 198 valence electrons. The maximum Gasteiger partial charge on any atom is 0.410 e. The Kier molecular flexibility index (Phi) is 7.53. The number of carbonyl (C=O) groups is 1. The summed E-state index contributed by atoms with van der Waals surface area (Å²) in [5, 5.41) is 4.26. The van der Waals surface area contributed by atoms with Crippen molar-refractivity contribution in [2.75, 3.05) is 13.1 Å². The third kappa shape index (κ3) is 5.75. The number of imidazole rings is 1. The summed E-state index contributed by atoms with van der Waals surface area (Å²) in [5.41, 5.74) is 4.24. The molecule has 4 aromatic rings. The molecule has 1 fully saturated rings. The molecular weight excluding hydrogens is 496 g/mol. The first-order chi connectivity index (χ1) is 18.2. The lowest BCUT2D eigenvalue weighted by Crippen LogP contribution is -2.41. The van der Waals surface area contributed by atoms with E-state index in [0.29, 0.717) is 13.1 Å². The highest BCUT2D eigenvalue weighted by molar-refractivity contribution is 6.31. The molecule has 0 N–H and O–H groups in total. The summed E-state index contributed by atoms with van der Waals surface area (Å²) in [6.45, 7) is 10.1. The van der Waals surface area contributed by atoms with Crippen LogP contribution in [-0.4, -0.2) is 44.2 Å². The lowest BCUT2D eigenvalue weighted by atomic mass is 9.86. The van der Waals surface area contributed by atoms with Crippen LogP contribution in [0.1, 0.15) is 62.8 Å². The van der Waals surface area contributed by atoms with Crippen molar-refractivity contribution in [3.63, 3.8) is 0 Å². The molecule has 7 heteroatoms. The number of hydrogen-bond acceptors (Lipinski definition) is 4. The maximum atomic E-state index is 12.7. The summed E-state index contributed by atoms with van der Waals surface area (Å²) in [6, 6.07) is 12.7. The summed E-state index contributed by atoms with van der Waals surface area (Å²) in [6.07, 6.45) is 9.09. The summed E-state index contributed by atoms with van der Waals surface area (Å²) in [5.74, 6) is 0.281. The molecule has 0 radical (unpaired) electrons. The van der Waals surface area contributed by atoms with Crippen molar-refractivity contribution < 1.29 is 9.53 Å². The smallest absolute Gasteiger partial charge is 0.410 e. The number of carbonyl (C=O) groups excluding carboxylic acids is 1. The third-order valence-electron chi connectivity index (χ3n) is 7.36. The molecule has 0 saturated carbocycles. The Morgan fingerprint density at radius 2 is 1.97 bits per heavy atom. The average molecular weight is 532 g/mol. The number of amides is 1. The molecule has 1 amide bonds. The van der Waals surface area contributed by atoms with Crippen molar-refractivity contribution in [1.29, 1.82) is 0 Å². The van der Waals surface area contributed by atoms with Crippen LogP contribution < -0.4 is 0 Å². The molecule has 3 heterocycles. The second kappa shape index (κ2) is 10.9. The molecule has 6 nitrogen and oxygen atoms in total. The highest BCUT2D eigenvalue weighted by Gasteiger charge is 2.32. The van der Waals surface area contributed by atoms with Crippen LogP contribution >= 0.6 is 11.6 Å². The van der Waals surface area contributed by atoms with E-state index in [9.17, 15) is 4.79 Å². The minimum atomic E-state index is -0.496. The van der Waals surface area contributed by atoms with Gasteiger partial charge in [0.25, 0.3) is 0 Å². The zero-order valence-corrected chi connectivity index (χ0v) is 23.5. The van der Waals surface area contributed by atoms with Gasteiger partial charge in [0.1, 0.15) is 11.0 Å². The summed E-state index contributed by atoms with van der Waals surface area (Å²) in [4.78, 5) is 23.7. The zero-order valence-electron chi connectivity index (χ0n) is 22.7. The number of ether oxygens (including phenoxy) is 1. The Labute approximate surface area is 229 Å². The molecule has 0 bridgehead atoms. The van der Waals surface area contributed by atoms with Gasteiger partial charge in [-0.05, 0) is 65.5 Å². The van der Waals surface area contributed by atoms with Gasteiger partial charge < -0.3 is 14.2 Å². The SMILES string of the molecule is Cc1cncn1CCCc1cc2cccnc2[c+](C2CCN(C(=O)OC(C)(C)C)CC2)c2ccc(Cl)cc12. The summed E-state index contributed by atoms with van der Waals surface area (Å²) in [7, 11) is 0. The first kappa shape index (κ1) is 26.4. The van der Waals surface area contributed by atoms with Crippen molar-refractivity contribution in [2.45, 2.75) is 71.4 Å². The second-order valence-electron chi connectivity index (χ2n) is 11.3. The third-order valence-corrected chi connectivity index (χ3v) is 7.60. The monoisotopic (exact) mass is 531 g/mol. The van der Waals surface area contributed by atoms with Crippen molar-refractivity contribution in [2.24, 2.45) is 0 Å². The van der Waals surface area contributed by atoms with Crippen molar-refractivity contribution in [1.82, 2.24) is 19.4 Å². The fourth-order valence-electron chi connectivity index (χ4n) is 5.53. The standard InChI is InChI=1S/C31H36ClN4O2/c1-21-19-33-20-36(21)14-6-8-23-17-24-7-5-13-34-29(24)28(26-10-9-25(32)18-27(23)26)22-11-15-35(16-12-22)30(37)38-31(2,3)4/h5,7,9-10,13,17-20,22H,6,8,11-12,14-16H2,1-4H3/q+1. The normalized spacial score (nSPS) is 14.8. The van der Waals surface area contributed by atoms with Crippen LogP contribution in [0.3, 0.4) is 0 Å². The molecule has 1 saturated heterocycles. The number of nitrogens with zero attached hydrogens (tertiary/aromatic N) is 4. The Hall–Kier alpha value is -3.25. The van der Waals surface area contributed by atoms with E-state index < -0.39 is 5.60 Å². The summed E-state index contributed by atoms with van der Waals surface area (Å²) < 4.78 is 7.82. The van der Waals surface area contributed by atoms with Crippen molar-refractivity contribution in [3.8, 4) is 0 Å². The van der Waals surface area contributed by atoms with E-state index in [-0.39, 0.29) is 12.0 Å². The molecule has 0 spiro atoms.